The number of hydrogen-bond acceptors (Lipinski definition) is 3. The maximum absolute atomic E-state index is 8.69. The van der Waals surface area contributed by atoms with Gasteiger partial charge < -0.3 is 15.2 Å². The van der Waals surface area contributed by atoms with Crippen molar-refractivity contribution in [2.24, 2.45) is 0 Å². The number of benzene rings is 1. The van der Waals surface area contributed by atoms with Gasteiger partial charge in [-0.15, -0.1) is 0 Å². The van der Waals surface area contributed by atoms with Crippen molar-refractivity contribution in [3.63, 3.8) is 0 Å². The topological polar surface area (TPSA) is 41.5 Å². The van der Waals surface area contributed by atoms with E-state index >= 15 is 0 Å². The average molecular weight is 209 g/mol. The molecule has 0 heterocycles. The van der Waals surface area contributed by atoms with Gasteiger partial charge in [-0.3, -0.25) is 0 Å². The molecular formula is C12H19NO2. The minimum absolute atomic E-state index is 0.177. The zero-order chi connectivity index (χ0) is 11.1. The van der Waals surface area contributed by atoms with Gasteiger partial charge in [0.2, 0.25) is 0 Å². The van der Waals surface area contributed by atoms with Gasteiger partial charge in [0.05, 0.1) is 13.7 Å². The van der Waals surface area contributed by atoms with Crippen LogP contribution >= 0.6 is 0 Å². The van der Waals surface area contributed by atoms with Crippen LogP contribution in [0.4, 0.5) is 0 Å². The summed E-state index contributed by atoms with van der Waals surface area (Å²) in [5.41, 5.74) is 1.19. The molecule has 0 unspecified atom stereocenters. The molecule has 1 aromatic carbocycles. The van der Waals surface area contributed by atoms with E-state index in [1.54, 1.807) is 7.11 Å². The molecule has 2 N–H and O–H groups in total. The summed E-state index contributed by atoms with van der Waals surface area (Å²) < 4.78 is 5.27. The molecule has 0 aromatic heterocycles. The first-order valence-electron chi connectivity index (χ1n) is 5.24. The van der Waals surface area contributed by atoms with Crippen molar-refractivity contribution in [3.05, 3.63) is 29.8 Å². The third kappa shape index (κ3) is 3.90. The van der Waals surface area contributed by atoms with Crippen LogP contribution in [0.15, 0.2) is 24.3 Å². The molecule has 0 radical (unpaired) electrons. The van der Waals surface area contributed by atoms with E-state index in [2.05, 4.69) is 18.3 Å². The van der Waals surface area contributed by atoms with Crippen molar-refractivity contribution in [2.45, 2.75) is 19.4 Å². The van der Waals surface area contributed by atoms with Crippen LogP contribution in [0.25, 0.3) is 0 Å². The van der Waals surface area contributed by atoms with Gasteiger partial charge in [0.25, 0.3) is 0 Å². The zero-order valence-electron chi connectivity index (χ0n) is 9.36. The van der Waals surface area contributed by atoms with E-state index in [9.17, 15) is 0 Å². The number of methoxy groups -OCH3 is 1. The van der Waals surface area contributed by atoms with E-state index < -0.39 is 0 Å². The normalized spacial score (nSPS) is 12.5. The molecule has 1 atom stereocenters. The molecule has 0 spiro atoms. The third-order valence-electron chi connectivity index (χ3n) is 2.32. The first-order chi connectivity index (χ1) is 7.27. The van der Waals surface area contributed by atoms with Crippen LogP contribution in [0.3, 0.4) is 0 Å². The van der Waals surface area contributed by atoms with E-state index in [0.717, 1.165) is 12.2 Å². The fourth-order valence-electron chi connectivity index (χ4n) is 1.58. The Morgan fingerprint density at radius 1 is 1.40 bits per heavy atom. The van der Waals surface area contributed by atoms with Crippen molar-refractivity contribution in [1.29, 1.82) is 0 Å². The molecule has 15 heavy (non-hydrogen) atoms. The second kappa shape index (κ2) is 6.43. The fraction of sp³-hybridized carbons (Fsp3) is 0.500. The van der Waals surface area contributed by atoms with E-state index in [-0.39, 0.29) is 6.61 Å². The Labute approximate surface area is 91.1 Å². The fourth-order valence-corrected chi connectivity index (χ4v) is 1.58. The van der Waals surface area contributed by atoms with Gasteiger partial charge in [0, 0.05) is 12.6 Å². The zero-order valence-corrected chi connectivity index (χ0v) is 9.36. The molecule has 0 saturated carbocycles. The van der Waals surface area contributed by atoms with Crippen molar-refractivity contribution >= 4 is 0 Å². The van der Waals surface area contributed by atoms with Gasteiger partial charge in [-0.1, -0.05) is 18.2 Å². The van der Waals surface area contributed by atoms with Crippen LogP contribution < -0.4 is 10.1 Å². The largest absolute Gasteiger partial charge is 0.496 e. The number of rotatable bonds is 6. The summed E-state index contributed by atoms with van der Waals surface area (Å²) in [7, 11) is 1.69. The maximum atomic E-state index is 8.69. The maximum Gasteiger partial charge on any atom is 0.122 e. The summed E-state index contributed by atoms with van der Waals surface area (Å²) in [5.74, 6) is 0.926. The highest BCUT2D eigenvalue weighted by Gasteiger charge is 2.06. The monoisotopic (exact) mass is 209 g/mol. The number of aliphatic hydroxyl groups excluding tert-OH is 1. The Morgan fingerprint density at radius 3 is 2.80 bits per heavy atom. The summed E-state index contributed by atoms with van der Waals surface area (Å²) in [6, 6.07) is 8.35. The molecular weight excluding hydrogens is 190 g/mol. The summed E-state index contributed by atoms with van der Waals surface area (Å²) in [5, 5.41) is 11.9. The number of aliphatic hydroxyl groups is 1. The Hall–Kier alpha value is -1.06. The lowest BCUT2D eigenvalue weighted by molar-refractivity contribution is 0.285. The van der Waals surface area contributed by atoms with Crippen LogP contribution in [-0.4, -0.2) is 31.4 Å². The van der Waals surface area contributed by atoms with E-state index in [1.807, 2.05) is 18.2 Å². The molecule has 0 saturated heterocycles. The highest BCUT2D eigenvalue weighted by atomic mass is 16.5. The van der Waals surface area contributed by atoms with Crippen LogP contribution in [0.5, 0.6) is 5.75 Å². The predicted octanol–water partition coefficient (Wildman–Crippen LogP) is 1.21. The first kappa shape index (κ1) is 12.0. The summed E-state index contributed by atoms with van der Waals surface area (Å²) in [4.78, 5) is 0. The molecule has 1 aromatic rings. The summed E-state index contributed by atoms with van der Waals surface area (Å²) in [6.45, 7) is 2.91. The number of nitrogens with one attached hydrogen (secondary N) is 1. The first-order valence-corrected chi connectivity index (χ1v) is 5.24. The number of hydrogen-bond donors (Lipinski definition) is 2. The molecule has 0 aliphatic carbocycles. The van der Waals surface area contributed by atoms with Gasteiger partial charge in [0.15, 0.2) is 0 Å². The van der Waals surface area contributed by atoms with Crippen LogP contribution in [-0.2, 0) is 6.42 Å². The Kier molecular flexibility index (Phi) is 5.15. The SMILES string of the molecule is COc1ccccc1C[C@H](C)NCCO. The Bertz CT molecular complexity index is 289. The predicted molar refractivity (Wildman–Crippen MR) is 61.2 cm³/mol. The molecule has 0 fully saturated rings. The number of ether oxygens (including phenoxy) is 1. The third-order valence-corrected chi connectivity index (χ3v) is 2.32. The van der Waals surface area contributed by atoms with Crippen molar-refractivity contribution in [1.82, 2.24) is 5.32 Å². The summed E-state index contributed by atoms with van der Waals surface area (Å²) in [6.07, 6.45) is 0.907. The Morgan fingerprint density at radius 2 is 2.13 bits per heavy atom. The van der Waals surface area contributed by atoms with Gasteiger partial charge >= 0.3 is 0 Å². The van der Waals surface area contributed by atoms with Crippen LogP contribution in [0, 0.1) is 0 Å². The molecule has 1 rings (SSSR count). The summed E-state index contributed by atoms with van der Waals surface area (Å²) >= 11 is 0. The average Bonchev–Trinajstić information content (AvgIpc) is 2.27. The standard InChI is InChI=1S/C12H19NO2/c1-10(13-7-8-14)9-11-5-3-4-6-12(11)15-2/h3-6,10,13-14H,7-9H2,1-2H3/t10-/m0/s1. The van der Waals surface area contributed by atoms with Crippen molar-refractivity contribution in [3.8, 4) is 5.75 Å². The molecule has 0 bridgehead atoms. The Balaban J connectivity index is 2.55. The van der Waals surface area contributed by atoms with Gasteiger partial charge in [-0.05, 0) is 25.0 Å². The molecule has 3 nitrogen and oxygen atoms in total. The second-order valence-electron chi connectivity index (χ2n) is 3.59. The van der Waals surface area contributed by atoms with Gasteiger partial charge in [-0.2, -0.15) is 0 Å². The highest BCUT2D eigenvalue weighted by molar-refractivity contribution is 5.33. The number of para-hydroxylation sites is 1. The lowest BCUT2D eigenvalue weighted by Crippen LogP contribution is -2.30. The van der Waals surface area contributed by atoms with E-state index in [1.165, 1.54) is 5.56 Å². The van der Waals surface area contributed by atoms with E-state index in [4.69, 9.17) is 9.84 Å². The van der Waals surface area contributed by atoms with Crippen molar-refractivity contribution in [2.75, 3.05) is 20.3 Å². The lowest BCUT2D eigenvalue weighted by atomic mass is 10.1. The van der Waals surface area contributed by atoms with Crippen molar-refractivity contribution < 1.29 is 9.84 Å². The molecule has 84 valence electrons. The van der Waals surface area contributed by atoms with Crippen LogP contribution in [0.1, 0.15) is 12.5 Å². The molecule has 0 aliphatic heterocycles. The minimum Gasteiger partial charge on any atom is -0.496 e. The molecule has 0 aliphatic rings. The van der Waals surface area contributed by atoms with E-state index in [0.29, 0.717) is 12.6 Å². The van der Waals surface area contributed by atoms with Crippen LogP contribution in [0.2, 0.25) is 0 Å². The minimum atomic E-state index is 0.177. The highest BCUT2D eigenvalue weighted by Crippen LogP contribution is 2.18. The molecule has 0 amide bonds. The smallest absolute Gasteiger partial charge is 0.122 e. The van der Waals surface area contributed by atoms with Gasteiger partial charge in [-0.25, -0.2) is 0 Å². The molecule has 3 heteroatoms. The quantitative estimate of drug-likeness (QED) is 0.740. The lowest BCUT2D eigenvalue weighted by Gasteiger charge is -2.14. The second-order valence-corrected chi connectivity index (χ2v) is 3.59. The van der Waals surface area contributed by atoms with Gasteiger partial charge in [0.1, 0.15) is 5.75 Å².